The van der Waals surface area contributed by atoms with Crippen molar-refractivity contribution in [1.82, 2.24) is 19.6 Å². The lowest BCUT2D eigenvalue weighted by Crippen LogP contribution is -2.45. The number of nitrogens with two attached hydrogens (primary N) is 1. The van der Waals surface area contributed by atoms with Crippen LogP contribution in [0.5, 0.6) is 5.88 Å². The van der Waals surface area contributed by atoms with Crippen molar-refractivity contribution in [1.29, 1.82) is 0 Å². The molecule has 1 aliphatic heterocycles. The lowest BCUT2D eigenvalue weighted by molar-refractivity contribution is 0.108. The number of likely N-dealkylation sites (N-methyl/N-ethyl adjacent to an activating group) is 1. The Morgan fingerprint density at radius 1 is 1.38 bits per heavy atom. The molecule has 0 aromatic carbocycles. The Labute approximate surface area is 127 Å². The molecule has 1 unspecified atom stereocenters. The Kier molecular flexibility index (Phi) is 5.24. The molecule has 0 aliphatic carbocycles. The van der Waals surface area contributed by atoms with E-state index in [4.69, 9.17) is 10.5 Å². The Morgan fingerprint density at radius 2 is 2.00 bits per heavy atom. The zero-order chi connectivity index (χ0) is 15.6. The summed E-state index contributed by atoms with van der Waals surface area (Å²) in [6.45, 7) is 4.90. The van der Waals surface area contributed by atoms with Crippen molar-refractivity contribution in [3.8, 4) is 5.88 Å². The normalized spacial score (nSPS) is 19.2. The molecule has 1 aliphatic rings. The quantitative estimate of drug-likeness (QED) is 0.869. The summed E-state index contributed by atoms with van der Waals surface area (Å²) >= 11 is 0. The second kappa shape index (κ2) is 6.77. The fraction of sp³-hybridized carbons (Fsp3) is 0.800. The van der Waals surface area contributed by atoms with Gasteiger partial charge in [-0.15, -0.1) is 0 Å². The van der Waals surface area contributed by atoms with E-state index in [2.05, 4.69) is 29.0 Å². The van der Waals surface area contributed by atoms with Gasteiger partial charge in [0, 0.05) is 19.6 Å². The summed E-state index contributed by atoms with van der Waals surface area (Å²) < 4.78 is 7.35. The van der Waals surface area contributed by atoms with Gasteiger partial charge >= 0.3 is 0 Å². The average Bonchev–Trinajstić information content (AvgIpc) is 2.74. The number of nitrogens with zero attached hydrogens (tertiary/aromatic N) is 4. The van der Waals surface area contributed by atoms with Crippen LogP contribution < -0.4 is 10.5 Å². The topological polar surface area (TPSA) is 59.6 Å². The van der Waals surface area contributed by atoms with Crippen LogP contribution in [0.2, 0.25) is 0 Å². The van der Waals surface area contributed by atoms with Crippen molar-refractivity contribution in [3.05, 3.63) is 11.3 Å². The third-order valence-corrected chi connectivity index (χ3v) is 4.72. The molecule has 6 nitrogen and oxygen atoms in total. The van der Waals surface area contributed by atoms with E-state index in [1.807, 2.05) is 14.0 Å². The van der Waals surface area contributed by atoms with E-state index in [-0.39, 0.29) is 6.04 Å². The number of hydrogen-bond donors (Lipinski definition) is 1. The first-order valence-electron chi connectivity index (χ1n) is 7.67. The molecule has 2 N–H and O–H groups in total. The van der Waals surface area contributed by atoms with Gasteiger partial charge in [0.1, 0.15) is 0 Å². The molecule has 1 saturated heterocycles. The second-order valence-corrected chi connectivity index (χ2v) is 6.08. The van der Waals surface area contributed by atoms with E-state index in [1.165, 1.54) is 12.8 Å². The molecular formula is C15H29N5O. The van der Waals surface area contributed by atoms with E-state index in [0.29, 0.717) is 12.6 Å². The maximum atomic E-state index is 6.10. The van der Waals surface area contributed by atoms with E-state index in [1.54, 1.807) is 11.8 Å². The maximum Gasteiger partial charge on any atom is 0.216 e. The van der Waals surface area contributed by atoms with Crippen molar-refractivity contribution in [2.45, 2.75) is 31.8 Å². The molecule has 2 heterocycles. The molecular weight excluding hydrogens is 266 g/mol. The van der Waals surface area contributed by atoms with E-state index < -0.39 is 0 Å². The average molecular weight is 295 g/mol. The van der Waals surface area contributed by atoms with Gasteiger partial charge in [-0.3, -0.25) is 4.90 Å². The van der Waals surface area contributed by atoms with Crippen molar-refractivity contribution in [2.75, 3.05) is 40.8 Å². The number of methoxy groups -OCH3 is 1. The molecule has 21 heavy (non-hydrogen) atoms. The van der Waals surface area contributed by atoms with Crippen LogP contribution >= 0.6 is 0 Å². The van der Waals surface area contributed by atoms with Crippen LogP contribution in [0.25, 0.3) is 0 Å². The van der Waals surface area contributed by atoms with Crippen molar-refractivity contribution < 1.29 is 4.74 Å². The zero-order valence-electron chi connectivity index (χ0n) is 14.0. The molecule has 2 rings (SSSR count). The third kappa shape index (κ3) is 3.22. The van der Waals surface area contributed by atoms with E-state index in [0.717, 1.165) is 30.2 Å². The molecule has 0 spiro atoms. The highest BCUT2D eigenvalue weighted by atomic mass is 16.5. The summed E-state index contributed by atoms with van der Waals surface area (Å²) in [6, 6.07) is 0.723. The lowest BCUT2D eigenvalue weighted by atomic mass is 9.99. The Balaban J connectivity index is 2.23. The van der Waals surface area contributed by atoms with Gasteiger partial charge in [-0.05, 0) is 47.0 Å². The van der Waals surface area contributed by atoms with Gasteiger partial charge in [-0.1, -0.05) is 0 Å². The van der Waals surface area contributed by atoms with Gasteiger partial charge in [0.05, 0.1) is 24.4 Å². The van der Waals surface area contributed by atoms with Crippen LogP contribution in [-0.2, 0) is 7.05 Å². The molecule has 0 radical (unpaired) electrons. The monoisotopic (exact) mass is 295 g/mol. The molecule has 1 fully saturated rings. The highest BCUT2D eigenvalue weighted by molar-refractivity contribution is 5.34. The van der Waals surface area contributed by atoms with Gasteiger partial charge in [0.25, 0.3) is 0 Å². The number of hydrogen-bond acceptors (Lipinski definition) is 5. The summed E-state index contributed by atoms with van der Waals surface area (Å²) in [6.07, 6.45) is 2.37. The van der Waals surface area contributed by atoms with E-state index in [9.17, 15) is 0 Å². The van der Waals surface area contributed by atoms with Crippen LogP contribution in [0.4, 0.5) is 0 Å². The number of aromatic nitrogens is 2. The zero-order valence-corrected chi connectivity index (χ0v) is 14.0. The SMILES string of the molecule is COc1c(C(CN)N(C)C2CCN(C)CC2)c(C)nn1C. The smallest absolute Gasteiger partial charge is 0.216 e. The summed E-state index contributed by atoms with van der Waals surface area (Å²) in [7, 11) is 7.98. The molecule has 1 aromatic heterocycles. The van der Waals surface area contributed by atoms with Crippen molar-refractivity contribution >= 4 is 0 Å². The first-order valence-corrected chi connectivity index (χ1v) is 7.67. The van der Waals surface area contributed by atoms with Gasteiger partial charge in [0.15, 0.2) is 0 Å². The molecule has 0 saturated carbocycles. The van der Waals surface area contributed by atoms with E-state index >= 15 is 0 Å². The Hall–Kier alpha value is -1.11. The molecule has 120 valence electrons. The minimum absolute atomic E-state index is 0.155. The van der Waals surface area contributed by atoms with Gasteiger partial charge in [-0.2, -0.15) is 5.10 Å². The molecule has 6 heteroatoms. The van der Waals surface area contributed by atoms with Crippen LogP contribution in [0.15, 0.2) is 0 Å². The maximum absolute atomic E-state index is 6.10. The van der Waals surface area contributed by atoms with Crippen LogP contribution in [0.3, 0.4) is 0 Å². The Morgan fingerprint density at radius 3 is 2.52 bits per heavy atom. The Bertz CT molecular complexity index is 465. The summed E-state index contributed by atoms with van der Waals surface area (Å²) in [5, 5.41) is 4.49. The lowest BCUT2D eigenvalue weighted by Gasteiger charge is -2.39. The number of aryl methyl sites for hydroxylation is 2. The van der Waals surface area contributed by atoms with Crippen LogP contribution in [0, 0.1) is 6.92 Å². The van der Waals surface area contributed by atoms with Crippen LogP contribution in [0.1, 0.15) is 30.1 Å². The third-order valence-electron chi connectivity index (χ3n) is 4.72. The standard InChI is InChI=1S/C15H29N5O/c1-11-14(15(21-5)20(4)17-11)13(10-16)19(3)12-6-8-18(2)9-7-12/h12-13H,6-10,16H2,1-5H3. The van der Waals surface area contributed by atoms with Gasteiger partial charge in [0.2, 0.25) is 5.88 Å². The van der Waals surface area contributed by atoms with Gasteiger partial charge in [-0.25, -0.2) is 4.68 Å². The first-order chi connectivity index (χ1) is 9.99. The number of ether oxygens (including phenoxy) is 1. The minimum Gasteiger partial charge on any atom is -0.481 e. The van der Waals surface area contributed by atoms with Crippen LogP contribution in [-0.4, -0.2) is 66.5 Å². The second-order valence-electron chi connectivity index (χ2n) is 6.08. The molecule has 1 aromatic rings. The number of piperidine rings is 1. The van der Waals surface area contributed by atoms with Crippen molar-refractivity contribution in [2.24, 2.45) is 12.8 Å². The molecule has 1 atom stereocenters. The van der Waals surface area contributed by atoms with Crippen molar-refractivity contribution in [3.63, 3.8) is 0 Å². The highest BCUT2D eigenvalue weighted by Crippen LogP contribution is 2.33. The minimum atomic E-state index is 0.155. The summed E-state index contributed by atoms with van der Waals surface area (Å²) in [5.41, 5.74) is 8.23. The fourth-order valence-corrected chi connectivity index (χ4v) is 3.42. The molecule has 0 amide bonds. The predicted molar refractivity (Wildman–Crippen MR) is 84.6 cm³/mol. The van der Waals surface area contributed by atoms with Gasteiger partial charge < -0.3 is 15.4 Å². The first kappa shape index (κ1) is 16.3. The number of likely N-dealkylation sites (tertiary alicyclic amines) is 1. The highest BCUT2D eigenvalue weighted by Gasteiger charge is 2.30. The summed E-state index contributed by atoms with van der Waals surface area (Å²) in [5.74, 6) is 0.822. The fourth-order valence-electron chi connectivity index (χ4n) is 3.42. The largest absolute Gasteiger partial charge is 0.481 e. The number of rotatable bonds is 5. The summed E-state index contributed by atoms with van der Waals surface area (Å²) in [4.78, 5) is 4.80. The molecule has 0 bridgehead atoms. The predicted octanol–water partition coefficient (Wildman–Crippen LogP) is 0.763.